The van der Waals surface area contributed by atoms with E-state index in [4.69, 9.17) is 4.74 Å². The molecular weight excluding hydrogens is 444 g/mol. The molecule has 1 fully saturated rings. The average molecular weight is 461 g/mol. The topological polar surface area (TPSA) is 149 Å². The normalized spacial score (nSPS) is 15.7. The van der Waals surface area contributed by atoms with Gasteiger partial charge in [0.2, 0.25) is 0 Å². The van der Waals surface area contributed by atoms with Crippen LogP contribution in [0, 0.1) is 16.0 Å². The number of amides is 1. The summed E-state index contributed by atoms with van der Waals surface area (Å²) in [5, 5.41) is 14.4. The molecule has 0 saturated carbocycles. The molecule has 3 rings (SSSR count). The minimum atomic E-state index is -3.55. The molecule has 29 heavy (non-hydrogen) atoms. The van der Waals surface area contributed by atoms with E-state index in [9.17, 15) is 28.1 Å². The molecule has 0 unspecified atom stereocenters. The Morgan fingerprint density at radius 1 is 1.38 bits per heavy atom. The van der Waals surface area contributed by atoms with Crippen molar-refractivity contribution in [3.05, 3.63) is 33.8 Å². The van der Waals surface area contributed by atoms with Crippen LogP contribution >= 0.6 is 22.7 Å². The zero-order valence-corrected chi connectivity index (χ0v) is 17.3. The van der Waals surface area contributed by atoms with Crippen LogP contribution in [0.15, 0.2) is 27.9 Å². The molecule has 0 aromatic carbocycles. The quantitative estimate of drug-likeness (QED) is 0.373. The van der Waals surface area contributed by atoms with Gasteiger partial charge in [-0.1, -0.05) is 6.07 Å². The Morgan fingerprint density at radius 3 is 2.69 bits per heavy atom. The van der Waals surface area contributed by atoms with Gasteiger partial charge in [0, 0.05) is 13.1 Å². The van der Waals surface area contributed by atoms with E-state index < -0.39 is 39.3 Å². The number of hydrogen-bond donors (Lipinski definition) is 1. The number of thiazole rings is 1. The average Bonchev–Trinajstić information content (AvgIpc) is 3.38. The van der Waals surface area contributed by atoms with E-state index in [1.165, 1.54) is 10.4 Å². The van der Waals surface area contributed by atoms with Crippen LogP contribution in [0.3, 0.4) is 0 Å². The number of rotatable bonds is 7. The number of aromatic nitrogens is 1. The molecule has 0 radical (unpaired) electrons. The summed E-state index contributed by atoms with van der Waals surface area (Å²) in [6.07, 6.45) is 1.61. The number of hydrogen-bond acceptors (Lipinski definition) is 10. The highest BCUT2D eigenvalue weighted by Crippen LogP contribution is 2.27. The summed E-state index contributed by atoms with van der Waals surface area (Å²) in [6, 6.07) is 3.20. The number of carbonyl (C=O) groups excluding carboxylic acids is 2. The van der Waals surface area contributed by atoms with Crippen molar-refractivity contribution in [1.82, 2.24) is 9.29 Å². The van der Waals surface area contributed by atoms with Gasteiger partial charge in [-0.15, -0.1) is 11.3 Å². The van der Waals surface area contributed by atoms with Crippen molar-refractivity contribution in [3.63, 3.8) is 0 Å². The molecule has 156 valence electrons. The predicted octanol–water partition coefficient (Wildman–Crippen LogP) is 1.70. The molecule has 14 heteroatoms. The van der Waals surface area contributed by atoms with E-state index in [0.29, 0.717) is 24.2 Å². The SMILES string of the molecule is O=C(COC(=O)C1CCN(S(=O)(=O)c2cccs2)CC1)Nc1ncc([N+](=O)[O-])s1. The first kappa shape index (κ1) is 21.3. The maximum atomic E-state index is 12.5. The number of nitrogens with one attached hydrogen (secondary N) is 1. The molecule has 0 aliphatic carbocycles. The van der Waals surface area contributed by atoms with E-state index in [1.54, 1.807) is 11.4 Å². The van der Waals surface area contributed by atoms with E-state index in [1.807, 2.05) is 0 Å². The molecule has 0 atom stereocenters. The fourth-order valence-corrected chi connectivity index (χ4v) is 5.95. The Kier molecular flexibility index (Phi) is 6.56. The number of sulfonamides is 1. The summed E-state index contributed by atoms with van der Waals surface area (Å²) < 4.78 is 31.5. The maximum absolute atomic E-state index is 12.5. The molecule has 0 spiro atoms. The van der Waals surface area contributed by atoms with Crippen molar-refractivity contribution >= 4 is 54.7 Å². The Balaban J connectivity index is 1.45. The molecule has 2 aromatic heterocycles. The predicted molar refractivity (Wildman–Crippen MR) is 104 cm³/mol. The summed E-state index contributed by atoms with van der Waals surface area (Å²) in [5.74, 6) is -1.75. The number of nitrogens with zero attached hydrogens (tertiary/aromatic N) is 3. The van der Waals surface area contributed by atoms with Crippen LogP contribution < -0.4 is 5.32 Å². The second kappa shape index (κ2) is 8.94. The Labute approximate surface area is 173 Å². The summed E-state index contributed by atoms with van der Waals surface area (Å²) >= 11 is 1.83. The molecule has 2 aromatic rings. The van der Waals surface area contributed by atoms with Gasteiger partial charge in [0.25, 0.3) is 15.9 Å². The van der Waals surface area contributed by atoms with Gasteiger partial charge in [0.1, 0.15) is 10.4 Å². The Bertz CT molecular complexity index is 995. The number of esters is 1. The van der Waals surface area contributed by atoms with Crippen molar-refractivity contribution in [2.75, 3.05) is 25.0 Å². The second-order valence-corrected chi connectivity index (χ2v) is 10.1. The summed E-state index contributed by atoms with van der Waals surface area (Å²) in [7, 11) is -3.55. The lowest BCUT2D eigenvalue weighted by Crippen LogP contribution is -2.40. The lowest BCUT2D eigenvalue weighted by molar-refractivity contribution is -0.380. The Hall–Kier alpha value is -2.42. The van der Waals surface area contributed by atoms with Crippen LogP contribution in [-0.4, -0.2) is 54.2 Å². The molecule has 1 aliphatic rings. The molecule has 0 bridgehead atoms. The van der Waals surface area contributed by atoms with Crippen LogP contribution in [0.25, 0.3) is 0 Å². The highest BCUT2D eigenvalue weighted by atomic mass is 32.2. The van der Waals surface area contributed by atoms with Crippen molar-refractivity contribution in [1.29, 1.82) is 0 Å². The van der Waals surface area contributed by atoms with Crippen LogP contribution in [-0.2, 0) is 24.3 Å². The highest BCUT2D eigenvalue weighted by Gasteiger charge is 2.33. The summed E-state index contributed by atoms with van der Waals surface area (Å²) in [5.41, 5.74) is 0. The molecule has 1 saturated heterocycles. The zero-order valence-electron chi connectivity index (χ0n) is 14.8. The van der Waals surface area contributed by atoms with Crippen molar-refractivity contribution in [2.45, 2.75) is 17.1 Å². The molecule has 1 aliphatic heterocycles. The standard InChI is InChI=1S/C15H16N4O7S3/c20-11(17-15-16-8-12(28-15)19(22)23)9-26-14(21)10-3-5-18(6-4-10)29(24,25)13-2-1-7-27-13/h1-2,7-8,10H,3-6,9H2,(H,16,17,20). The first-order valence-corrected chi connectivity index (χ1v) is 11.5. The van der Waals surface area contributed by atoms with Crippen LogP contribution in [0.2, 0.25) is 0 Å². The van der Waals surface area contributed by atoms with Crippen LogP contribution in [0.4, 0.5) is 10.1 Å². The third-order valence-corrected chi connectivity index (χ3v) is 8.28. The van der Waals surface area contributed by atoms with Crippen LogP contribution in [0.1, 0.15) is 12.8 Å². The van der Waals surface area contributed by atoms with Gasteiger partial charge in [0.05, 0.1) is 10.8 Å². The molecule has 11 nitrogen and oxygen atoms in total. The van der Waals surface area contributed by atoms with Crippen molar-refractivity contribution in [3.8, 4) is 0 Å². The number of anilines is 1. The van der Waals surface area contributed by atoms with E-state index in [0.717, 1.165) is 17.5 Å². The van der Waals surface area contributed by atoms with Crippen molar-refractivity contribution < 1.29 is 27.7 Å². The molecule has 1 N–H and O–H groups in total. The van der Waals surface area contributed by atoms with Gasteiger partial charge >= 0.3 is 11.0 Å². The summed E-state index contributed by atoms with van der Waals surface area (Å²) in [6.45, 7) is -0.177. The number of thiophene rings is 1. The second-order valence-electron chi connectivity index (χ2n) is 6.03. The minimum absolute atomic E-state index is 0.0323. The zero-order chi connectivity index (χ0) is 21.0. The first-order chi connectivity index (χ1) is 13.8. The molecular formula is C15H16N4O7S3. The highest BCUT2D eigenvalue weighted by molar-refractivity contribution is 7.91. The third-order valence-electron chi connectivity index (χ3n) is 4.14. The van der Waals surface area contributed by atoms with E-state index in [2.05, 4.69) is 10.3 Å². The number of nitro groups is 1. The number of carbonyl (C=O) groups is 2. The van der Waals surface area contributed by atoms with E-state index >= 15 is 0 Å². The minimum Gasteiger partial charge on any atom is -0.455 e. The van der Waals surface area contributed by atoms with E-state index in [-0.39, 0.29) is 27.4 Å². The Morgan fingerprint density at radius 2 is 2.10 bits per heavy atom. The van der Waals surface area contributed by atoms with Gasteiger partial charge in [-0.2, -0.15) is 4.31 Å². The first-order valence-electron chi connectivity index (χ1n) is 8.37. The van der Waals surface area contributed by atoms with Gasteiger partial charge in [-0.25, -0.2) is 13.4 Å². The van der Waals surface area contributed by atoms with Gasteiger partial charge in [-0.3, -0.25) is 25.0 Å². The lowest BCUT2D eigenvalue weighted by atomic mass is 9.98. The van der Waals surface area contributed by atoms with Crippen molar-refractivity contribution in [2.24, 2.45) is 5.92 Å². The fourth-order valence-electron chi connectivity index (χ4n) is 2.69. The number of ether oxygens (including phenoxy) is 1. The molecule has 1 amide bonds. The number of piperidine rings is 1. The molecule has 3 heterocycles. The fraction of sp³-hybridized carbons (Fsp3) is 0.400. The lowest BCUT2D eigenvalue weighted by Gasteiger charge is -2.29. The van der Waals surface area contributed by atoms with Crippen LogP contribution in [0.5, 0.6) is 0 Å². The third kappa shape index (κ3) is 5.14. The van der Waals surface area contributed by atoms with Gasteiger partial charge in [-0.05, 0) is 35.6 Å². The maximum Gasteiger partial charge on any atom is 0.345 e. The summed E-state index contributed by atoms with van der Waals surface area (Å²) in [4.78, 5) is 37.6. The monoisotopic (exact) mass is 460 g/mol. The van der Waals surface area contributed by atoms with Gasteiger partial charge < -0.3 is 4.74 Å². The van der Waals surface area contributed by atoms with Gasteiger partial charge in [0.15, 0.2) is 11.7 Å². The smallest absolute Gasteiger partial charge is 0.345 e. The largest absolute Gasteiger partial charge is 0.455 e.